The maximum absolute atomic E-state index is 13.4. The number of piperidine rings is 1. The van der Waals surface area contributed by atoms with Gasteiger partial charge in [0.05, 0.1) is 49.3 Å². The number of carbonyl (C=O) groups is 5. The van der Waals surface area contributed by atoms with Gasteiger partial charge in [-0.3, -0.25) is 34.2 Å². The third-order valence-corrected chi connectivity index (χ3v) is 10.8. The molecular formula is C44H48N6O9. The van der Waals surface area contributed by atoms with E-state index in [-0.39, 0.29) is 61.7 Å². The molecule has 2 unspecified atom stereocenters. The lowest BCUT2D eigenvalue weighted by Gasteiger charge is -2.28. The van der Waals surface area contributed by atoms with Crippen molar-refractivity contribution in [3.8, 4) is 11.5 Å². The van der Waals surface area contributed by atoms with Crippen molar-refractivity contribution in [3.05, 3.63) is 118 Å². The van der Waals surface area contributed by atoms with Crippen molar-refractivity contribution in [1.82, 2.24) is 20.5 Å². The largest absolute Gasteiger partial charge is 0.487 e. The number of hydrogen-bond donors (Lipinski definition) is 3. The van der Waals surface area contributed by atoms with Gasteiger partial charge in [-0.25, -0.2) is 4.98 Å². The number of carbonyl (C=O) groups excluding carboxylic acids is 5. The highest BCUT2D eigenvalue weighted by molar-refractivity contribution is 6.24. The van der Waals surface area contributed by atoms with Gasteiger partial charge in [-0.2, -0.15) is 0 Å². The predicted molar refractivity (Wildman–Crippen MR) is 216 cm³/mol. The zero-order valence-electron chi connectivity index (χ0n) is 33.1. The summed E-state index contributed by atoms with van der Waals surface area (Å²) in [5.74, 6) is -0.456. The fourth-order valence-corrected chi connectivity index (χ4v) is 7.39. The number of hydrogen-bond acceptors (Lipinski definition) is 12. The third-order valence-electron chi connectivity index (χ3n) is 10.8. The van der Waals surface area contributed by atoms with Crippen molar-refractivity contribution in [1.29, 1.82) is 0 Å². The average molecular weight is 805 g/mol. The number of anilines is 1. The minimum Gasteiger partial charge on any atom is -0.487 e. The summed E-state index contributed by atoms with van der Waals surface area (Å²) in [5, 5.41) is 4.94. The van der Waals surface area contributed by atoms with Crippen molar-refractivity contribution >= 4 is 35.4 Å². The quantitative estimate of drug-likeness (QED) is 0.111. The highest BCUT2D eigenvalue weighted by atomic mass is 16.5. The van der Waals surface area contributed by atoms with Gasteiger partial charge >= 0.3 is 0 Å². The van der Waals surface area contributed by atoms with Crippen LogP contribution in [-0.4, -0.2) is 98.1 Å². The second-order valence-corrected chi connectivity index (χ2v) is 15.1. The summed E-state index contributed by atoms with van der Waals surface area (Å²) in [7, 11) is 0. The molecule has 3 aromatic carbocycles. The molecule has 2 atom stereocenters. The summed E-state index contributed by atoms with van der Waals surface area (Å²) >= 11 is 0. The number of imide groups is 2. The minimum absolute atomic E-state index is 0.00601. The highest BCUT2D eigenvalue weighted by Crippen LogP contribution is 2.34. The van der Waals surface area contributed by atoms with Gasteiger partial charge < -0.3 is 34.9 Å². The molecule has 5 amide bonds. The number of ether oxygens (including phenoxy) is 4. The first-order valence-corrected chi connectivity index (χ1v) is 19.7. The Morgan fingerprint density at radius 1 is 0.915 bits per heavy atom. The molecule has 7 rings (SSSR count). The van der Waals surface area contributed by atoms with E-state index >= 15 is 0 Å². The lowest BCUT2D eigenvalue weighted by Crippen LogP contribution is -2.54. The van der Waals surface area contributed by atoms with Crippen LogP contribution in [0.3, 0.4) is 0 Å². The fourth-order valence-electron chi connectivity index (χ4n) is 7.39. The monoisotopic (exact) mass is 804 g/mol. The third kappa shape index (κ3) is 9.43. The van der Waals surface area contributed by atoms with Gasteiger partial charge in [0.1, 0.15) is 30.0 Å². The lowest BCUT2D eigenvalue weighted by atomic mass is 9.78. The lowest BCUT2D eigenvalue weighted by molar-refractivity contribution is -0.136. The van der Waals surface area contributed by atoms with Gasteiger partial charge in [0.25, 0.3) is 17.7 Å². The molecule has 3 aliphatic rings. The van der Waals surface area contributed by atoms with Crippen molar-refractivity contribution in [2.24, 2.45) is 5.73 Å². The van der Waals surface area contributed by atoms with Crippen LogP contribution in [0.5, 0.6) is 11.5 Å². The van der Waals surface area contributed by atoms with Gasteiger partial charge in [0.15, 0.2) is 6.61 Å². The SMILES string of the molecule is CC(C)(c1ccc(OCC(=O)NCCOCC(N)c2cccc3c2C(=O)N(C2CCC(=O)NC2=O)C3=O)cc1)c1ccc(OCc2cccc(N3CCOCC3)n2)cc1. The van der Waals surface area contributed by atoms with Crippen LogP contribution in [0.1, 0.15) is 75.8 Å². The van der Waals surface area contributed by atoms with Gasteiger partial charge in [0.2, 0.25) is 11.8 Å². The number of fused-ring (bicyclic) bond motifs is 1. The number of pyridine rings is 1. The molecule has 2 saturated heterocycles. The van der Waals surface area contributed by atoms with Gasteiger partial charge in [-0.05, 0) is 65.6 Å². The zero-order chi connectivity index (χ0) is 41.5. The minimum atomic E-state index is -1.07. The number of nitrogens with zero attached hydrogens (tertiary/aromatic N) is 3. The first-order chi connectivity index (χ1) is 28.5. The van der Waals surface area contributed by atoms with Crippen LogP contribution in [0.2, 0.25) is 0 Å². The van der Waals surface area contributed by atoms with E-state index < -0.39 is 35.7 Å². The molecule has 15 nitrogen and oxygen atoms in total. The summed E-state index contributed by atoms with van der Waals surface area (Å²) in [6.45, 7) is 7.87. The van der Waals surface area contributed by atoms with E-state index in [1.54, 1.807) is 12.1 Å². The summed E-state index contributed by atoms with van der Waals surface area (Å²) < 4.78 is 23.0. The van der Waals surface area contributed by atoms with Gasteiger partial charge in [0, 0.05) is 31.5 Å². The van der Waals surface area contributed by atoms with E-state index in [4.69, 9.17) is 29.7 Å². The number of nitrogens with one attached hydrogen (secondary N) is 2. The molecular weight excluding hydrogens is 757 g/mol. The molecule has 4 N–H and O–H groups in total. The Balaban J connectivity index is 0.826. The molecule has 0 aliphatic carbocycles. The summed E-state index contributed by atoms with van der Waals surface area (Å²) in [5.41, 5.74) is 9.79. The predicted octanol–water partition coefficient (Wildman–Crippen LogP) is 3.44. The van der Waals surface area contributed by atoms with Crippen LogP contribution in [0.4, 0.5) is 5.82 Å². The molecule has 0 radical (unpaired) electrons. The number of aromatic nitrogens is 1. The van der Waals surface area contributed by atoms with Crippen LogP contribution in [0.15, 0.2) is 84.9 Å². The van der Waals surface area contributed by atoms with Crippen LogP contribution in [0.25, 0.3) is 0 Å². The van der Waals surface area contributed by atoms with E-state index in [9.17, 15) is 24.0 Å². The second kappa shape index (κ2) is 18.2. The Morgan fingerprint density at radius 3 is 2.29 bits per heavy atom. The summed E-state index contributed by atoms with van der Waals surface area (Å²) in [4.78, 5) is 70.9. The number of nitrogens with two attached hydrogens (primary N) is 1. The second-order valence-electron chi connectivity index (χ2n) is 15.1. The van der Waals surface area contributed by atoms with E-state index in [0.29, 0.717) is 31.1 Å². The molecule has 0 bridgehead atoms. The standard InChI is InChI=1S/C44H48N6O9/c1-44(2,28-9-13-31(14-10-28)58-25-30-5-3-8-37(47-30)49-20-23-56-24-21-49)29-11-15-32(16-12-29)59-27-39(52)46-19-22-57-26-35(45)33-6-4-7-34-40(33)43(55)50(42(34)54)36-17-18-38(51)48-41(36)53/h3-16,35-36H,17-27,45H2,1-2H3,(H,46,52)(H,48,51,53). The van der Waals surface area contributed by atoms with Crippen molar-refractivity contribution in [2.75, 3.05) is 57.6 Å². The average Bonchev–Trinajstić information content (AvgIpc) is 3.51. The Morgan fingerprint density at radius 2 is 1.59 bits per heavy atom. The normalized spacial score (nSPS) is 17.4. The number of amides is 5. The van der Waals surface area contributed by atoms with Gasteiger partial charge in [-0.1, -0.05) is 56.3 Å². The van der Waals surface area contributed by atoms with Crippen LogP contribution >= 0.6 is 0 Å². The highest BCUT2D eigenvalue weighted by Gasteiger charge is 2.46. The molecule has 3 aliphatic heterocycles. The molecule has 1 aromatic heterocycles. The zero-order valence-corrected chi connectivity index (χ0v) is 33.1. The smallest absolute Gasteiger partial charge is 0.262 e. The molecule has 4 heterocycles. The van der Waals surface area contributed by atoms with Crippen LogP contribution < -0.4 is 30.7 Å². The van der Waals surface area contributed by atoms with Crippen LogP contribution in [0, 0.1) is 0 Å². The Bertz CT molecular complexity index is 2190. The summed E-state index contributed by atoms with van der Waals surface area (Å²) in [6, 6.07) is 24.6. The maximum Gasteiger partial charge on any atom is 0.262 e. The number of benzene rings is 3. The summed E-state index contributed by atoms with van der Waals surface area (Å²) in [6.07, 6.45) is 0.0838. The molecule has 59 heavy (non-hydrogen) atoms. The molecule has 15 heteroatoms. The molecule has 2 fully saturated rings. The molecule has 0 spiro atoms. The Hall–Kier alpha value is -6.16. The topological polar surface area (TPSA) is 192 Å². The Labute approximate surface area is 342 Å². The molecule has 0 saturated carbocycles. The number of rotatable bonds is 16. The van der Waals surface area contributed by atoms with E-state index in [2.05, 4.69) is 41.5 Å². The van der Waals surface area contributed by atoms with Crippen molar-refractivity contribution in [3.63, 3.8) is 0 Å². The molecule has 4 aromatic rings. The van der Waals surface area contributed by atoms with Gasteiger partial charge in [-0.15, -0.1) is 0 Å². The maximum atomic E-state index is 13.4. The number of morpholine rings is 1. The fraction of sp³-hybridized carbons (Fsp3) is 0.364. The van der Waals surface area contributed by atoms with E-state index in [1.165, 1.54) is 6.07 Å². The van der Waals surface area contributed by atoms with E-state index in [0.717, 1.165) is 46.4 Å². The molecule has 308 valence electrons. The first kappa shape index (κ1) is 41.0. The Kier molecular flexibility index (Phi) is 12.6. The first-order valence-electron chi connectivity index (χ1n) is 19.7. The van der Waals surface area contributed by atoms with E-state index in [1.807, 2.05) is 54.6 Å². The van der Waals surface area contributed by atoms with Crippen molar-refractivity contribution in [2.45, 2.75) is 50.8 Å². The van der Waals surface area contributed by atoms with Crippen LogP contribution in [-0.2, 0) is 35.9 Å². The van der Waals surface area contributed by atoms with Crippen molar-refractivity contribution < 1.29 is 42.9 Å².